The summed E-state index contributed by atoms with van der Waals surface area (Å²) in [4.78, 5) is 9.22. The van der Waals surface area contributed by atoms with Crippen LogP contribution in [0.4, 0.5) is 10.1 Å². The summed E-state index contributed by atoms with van der Waals surface area (Å²) in [5.41, 5.74) is 7.12. The zero-order valence-electron chi connectivity index (χ0n) is 16.3. The molecule has 6 nitrogen and oxygen atoms in total. The SMILES string of the molecule is CCOC1CC(N=C(N)N2CCN(c3ccc(F)cc3)CC2)C12CCCO2.I. The van der Waals surface area contributed by atoms with E-state index in [9.17, 15) is 4.39 Å². The maximum absolute atomic E-state index is 13.1. The van der Waals surface area contributed by atoms with E-state index in [1.807, 2.05) is 19.1 Å². The molecule has 2 N–H and O–H groups in total. The van der Waals surface area contributed by atoms with Crippen LogP contribution in [0.25, 0.3) is 0 Å². The van der Waals surface area contributed by atoms with E-state index in [0.717, 1.165) is 57.7 Å². The Morgan fingerprint density at radius 3 is 2.61 bits per heavy atom. The Bertz CT molecular complexity index is 673. The van der Waals surface area contributed by atoms with Crippen molar-refractivity contribution in [2.75, 3.05) is 44.3 Å². The fourth-order valence-electron chi connectivity index (χ4n) is 4.51. The van der Waals surface area contributed by atoms with Crippen molar-refractivity contribution in [3.8, 4) is 0 Å². The standard InChI is InChI=1S/C20H29FN4O2.HI/c1-2-26-18-14-17(20(18)8-3-13-27-20)23-19(22)25-11-9-24(10-12-25)16-6-4-15(21)5-7-16;/h4-7,17-18H,2-3,8-14H2,1H3,(H2,22,23);1H. The smallest absolute Gasteiger partial charge is 0.191 e. The highest BCUT2D eigenvalue weighted by molar-refractivity contribution is 14.0. The molecule has 0 aromatic heterocycles. The van der Waals surface area contributed by atoms with Gasteiger partial charge < -0.3 is 25.0 Å². The molecule has 1 saturated carbocycles. The molecule has 8 heteroatoms. The van der Waals surface area contributed by atoms with Crippen LogP contribution in [-0.4, -0.2) is 68.0 Å². The fraction of sp³-hybridized carbons (Fsp3) is 0.650. The van der Waals surface area contributed by atoms with E-state index in [-0.39, 0.29) is 47.5 Å². The van der Waals surface area contributed by atoms with E-state index in [1.165, 1.54) is 12.1 Å². The third-order valence-corrected chi connectivity index (χ3v) is 6.08. The monoisotopic (exact) mass is 504 g/mol. The average molecular weight is 504 g/mol. The lowest BCUT2D eigenvalue weighted by Crippen LogP contribution is -2.64. The molecule has 1 spiro atoms. The summed E-state index contributed by atoms with van der Waals surface area (Å²) in [6, 6.07) is 6.75. The first-order valence-corrected chi connectivity index (χ1v) is 9.96. The first kappa shape index (κ1) is 21.6. The number of piperazine rings is 1. The number of hydrogen-bond donors (Lipinski definition) is 1. The highest BCUT2D eigenvalue weighted by atomic mass is 127. The largest absolute Gasteiger partial charge is 0.375 e. The summed E-state index contributed by atoms with van der Waals surface area (Å²) in [7, 11) is 0. The first-order valence-electron chi connectivity index (χ1n) is 9.96. The van der Waals surface area contributed by atoms with Gasteiger partial charge in [0.1, 0.15) is 11.4 Å². The number of rotatable bonds is 4. The van der Waals surface area contributed by atoms with Crippen LogP contribution in [-0.2, 0) is 9.47 Å². The number of hydrogen-bond acceptors (Lipinski definition) is 4. The predicted octanol–water partition coefficient (Wildman–Crippen LogP) is 2.61. The molecular formula is C20H30FIN4O2. The lowest BCUT2D eigenvalue weighted by molar-refractivity contribution is -0.189. The molecule has 3 atom stereocenters. The zero-order chi connectivity index (χ0) is 18.9. The Balaban J connectivity index is 0.00000225. The topological polar surface area (TPSA) is 63.3 Å². The van der Waals surface area contributed by atoms with Crippen LogP contribution < -0.4 is 10.6 Å². The summed E-state index contributed by atoms with van der Waals surface area (Å²) in [5.74, 6) is 0.395. The highest BCUT2D eigenvalue weighted by Gasteiger charge is 2.59. The normalized spacial score (nSPS) is 30.3. The molecule has 2 saturated heterocycles. The third-order valence-electron chi connectivity index (χ3n) is 6.08. The Morgan fingerprint density at radius 2 is 2.00 bits per heavy atom. The number of guanidine groups is 1. The quantitative estimate of drug-likeness (QED) is 0.388. The number of ether oxygens (including phenoxy) is 2. The minimum Gasteiger partial charge on any atom is -0.375 e. The average Bonchev–Trinajstić information content (AvgIpc) is 3.21. The number of anilines is 1. The molecule has 2 heterocycles. The van der Waals surface area contributed by atoms with Gasteiger partial charge in [-0.05, 0) is 44.0 Å². The van der Waals surface area contributed by atoms with E-state index in [4.69, 9.17) is 20.2 Å². The van der Waals surface area contributed by atoms with Crippen LogP contribution in [0, 0.1) is 5.82 Å². The van der Waals surface area contributed by atoms with E-state index >= 15 is 0 Å². The Morgan fingerprint density at radius 1 is 1.29 bits per heavy atom. The molecule has 1 aromatic rings. The molecule has 156 valence electrons. The van der Waals surface area contributed by atoms with E-state index < -0.39 is 0 Å². The second-order valence-electron chi connectivity index (χ2n) is 7.54. The molecule has 3 aliphatic rings. The predicted molar refractivity (Wildman–Crippen MR) is 119 cm³/mol. The molecule has 1 aliphatic carbocycles. The maximum atomic E-state index is 13.1. The number of nitrogens with zero attached hydrogens (tertiary/aromatic N) is 3. The van der Waals surface area contributed by atoms with Gasteiger partial charge in [0.05, 0.1) is 12.1 Å². The van der Waals surface area contributed by atoms with Gasteiger partial charge in [0.15, 0.2) is 5.96 Å². The van der Waals surface area contributed by atoms with Crippen molar-refractivity contribution < 1.29 is 13.9 Å². The lowest BCUT2D eigenvalue weighted by atomic mass is 9.70. The molecular weight excluding hydrogens is 474 g/mol. The molecule has 3 unspecified atom stereocenters. The van der Waals surface area contributed by atoms with E-state index in [0.29, 0.717) is 12.6 Å². The summed E-state index contributed by atoms with van der Waals surface area (Å²) in [6.07, 6.45) is 3.08. The third kappa shape index (κ3) is 4.09. The van der Waals surface area contributed by atoms with Crippen molar-refractivity contribution >= 4 is 35.6 Å². The van der Waals surface area contributed by atoms with Crippen molar-refractivity contribution in [3.63, 3.8) is 0 Å². The molecule has 1 aromatic carbocycles. The summed E-state index contributed by atoms with van der Waals surface area (Å²) in [5, 5.41) is 0. The minimum atomic E-state index is -0.267. The molecule has 4 rings (SSSR count). The van der Waals surface area contributed by atoms with E-state index in [1.54, 1.807) is 0 Å². The highest BCUT2D eigenvalue weighted by Crippen LogP contribution is 2.47. The molecule has 0 amide bonds. The molecule has 3 fully saturated rings. The lowest BCUT2D eigenvalue weighted by Gasteiger charge is -2.50. The Kier molecular flexibility index (Phi) is 7.03. The van der Waals surface area contributed by atoms with Crippen molar-refractivity contribution in [2.45, 2.75) is 43.9 Å². The zero-order valence-corrected chi connectivity index (χ0v) is 18.7. The maximum Gasteiger partial charge on any atom is 0.191 e. The van der Waals surface area contributed by atoms with Gasteiger partial charge in [0, 0.05) is 51.5 Å². The molecule has 0 radical (unpaired) electrons. The van der Waals surface area contributed by atoms with Crippen molar-refractivity contribution in [1.82, 2.24) is 4.90 Å². The Hall–Kier alpha value is -1.13. The number of benzene rings is 1. The molecule has 28 heavy (non-hydrogen) atoms. The van der Waals surface area contributed by atoms with Gasteiger partial charge in [0.25, 0.3) is 0 Å². The Labute approximate surface area is 183 Å². The first-order chi connectivity index (χ1) is 13.1. The number of halogens is 2. The van der Waals surface area contributed by atoms with Crippen LogP contribution in [0.1, 0.15) is 26.2 Å². The fourth-order valence-corrected chi connectivity index (χ4v) is 4.51. The summed E-state index contributed by atoms with van der Waals surface area (Å²) >= 11 is 0. The second kappa shape index (κ2) is 9.13. The summed E-state index contributed by atoms with van der Waals surface area (Å²) in [6.45, 7) is 6.81. The number of nitrogens with two attached hydrogens (primary N) is 1. The minimum absolute atomic E-state index is 0. The number of aliphatic imine (C=N–C) groups is 1. The van der Waals surface area contributed by atoms with Crippen molar-refractivity contribution in [1.29, 1.82) is 0 Å². The summed E-state index contributed by atoms with van der Waals surface area (Å²) < 4.78 is 25.0. The molecule has 2 aliphatic heterocycles. The van der Waals surface area contributed by atoms with Gasteiger partial charge in [-0.3, -0.25) is 0 Å². The van der Waals surface area contributed by atoms with Crippen molar-refractivity contribution in [3.05, 3.63) is 30.1 Å². The van der Waals surface area contributed by atoms with Crippen molar-refractivity contribution in [2.24, 2.45) is 10.7 Å². The van der Waals surface area contributed by atoms with Crippen LogP contribution in [0.15, 0.2) is 29.3 Å². The van der Waals surface area contributed by atoms with Gasteiger partial charge in [-0.1, -0.05) is 0 Å². The van der Waals surface area contributed by atoms with Crippen LogP contribution >= 0.6 is 24.0 Å². The second-order valence-corrected chi connectivity index (χ2v) is 7.54. The van der Waals surface area contributed by atoms with Gasteiger partial charge in [-0.2, -0.15) is 0 Å². The van der Waals surface area contributed by atoms with Gasteiger partial charge >= 0.3 is 0 Å². The van der Waals surface area contributed by atoms with E-state index in [2.05, 4.69) is 9.80 Å². The van der Waals surface area contributed by atoms with Crippen LogP contribution in [0.5, 0.6) is 0 Å². The van der Waals surface area contributed by atoms with Gasteiger partial charge in [-0.15, -0.1) is 24.0 Å². The van der Waals surface area contributed by atoms with Crippen LogP contribution in [0.3, 0.4) is 0 Å². The van der Waals surface area contributed by atoms with Crippen LogP contribution in [0.2, 0.25) is 0 Å². The van der Waals surface area contributed by atoms with Gasteiger partial charge in [0.2, 0.25) is 0 Å². The van der Waals surface area contributed by atoms with Gasteiger partial charge in [-0.25, -0.2) is 9.38 Å². The molecule has 0 bridgehead atoms.